The van der Waals surface area contributed by atoms with Crippen LogP contribution in [-0.4, -0.2) is 5.11 Å². The summed E-state index contributed by atoms with van der Waals surface area (Å²) in [5, 5.41) is 9.26. The molecule has 0 saturated heterocycles. The van der Waals surface area contributed by atoms with Gasteiger partial charge in [0.15, 0.2) is 0 Å². The molecule has 60 valence electrons. The summed E-state index contributed by atoms with van der Waals surface area (Å²) in [6.07, 6.45) is 0. The first kappa shape index (κ1) is 9.77. The summed E-state index contributed by atoms with van der Waals surface area (Å²) in [6, 6.07) is 5.42. The maximum atomic E-state index is 9.26. The fourth-order valence-electron chi connectivity index (χ4n) is 0.604. The molecule has 0 spiro atoms. The van der Waals surface area contributed by atoms with Gasteiger partial charge in [-0.25, -0.2) is 0 Å². The topological polar surface area (TPSA) is 20.2 Å². The Hall–Kier alpha value is 0.680. The van der Waals surface area contributed by atoms with E-state index in [1.807, 2.05) is 12.1 Å². The van der Waals surface area contributed by atoms with Crippen LogP contribution in [0.5, 0.6) is 5.75 Å². The van der Waals surface area contributed by atoms with Gasteiger partial charge >= 0.3 is 0 Å². The Morgan fingerprint density at radius 3 is 2.45 bits per heavy atom. The smallest absolute Gasteiger partial charge is 0.130 e. The van der Waals surface area contributed by atoms with Gasteiger partial charge in [-0.3, -0.25) is 0 Å². The van der Waals surface area contributed by atoms with Gasteiger partial charge in [-0.2, -0.15) is 0 Å². The number of rotatable bonds is 2. The lowest BCUT2D eigenvalue weighted by atomic mass is 10.3. The van der Waals surface area contributed by atoms with Crippen molar-refractivity contribution in [2.24, 2.45) is 0 Å². The molecule has 1 rings (SSSR count). The minimum Gasteiger partial charge on any atom is -0.507 e. The number of hydrogen-bond acceptors (Lipinski definition) is 3. The third-order valence-corrected chi connectivity index (χ3v) is 4.20. The lowest BCUT2D eigenvalue weighted by molar-refractivity contribution is 0.462. The largest absolute Gasteiger partial charge is 0.507 e. The molecular formula is C6H4Br2OS2. The van der Waals surface area contributed by atoms with Crippen LogP contribution in [0.3, 0.4) is 0 Å². The molecule has 0 aromatic heterocycles. The second kappa shape index (κ2) is 4.64. The van der Waals surface area contributed by atoms with E-state index in [0.717, 1.165) is 9.79 Å². The Morgan fingerprint density at radius 2 is 1.91 bits per heavy atom. The minimum absolute atomic E-state index is 0.303. The number of phenols is 1. The number of hydrogen-bond donors (Lipinski definition) is 1. The summed E-state index contributed by atoms with van der Waals surface area (Å²) in [5.74, 6) is 0.303. The van der Waals surface area contributed by atoms with E-state index >= 15 is 0 Å². The molecule has 1 N–H and O–H groups in total. The number of benzene rings is 1. The second-order valence-corrected chi connectivity index (χ2v) is 4.95. The third kappa shape index (κ3) is 2.57. The van der Waals surface area contributed by atoms with Gasteiger partial charge in [0, 0.05) is 4.90 Å². The fraction of sp³-hybridized carbons (Fsp3) is 0. The highest BCUT2D eigenvalue weighted by atomic mass is 79.9. The van der Waals surface area contributed by atoms with E-state index in [4.69, 9.17) is 0 Å². The van der Waals surface area contributed by atoms with Gasteiger partial charge < -0.3 is 5.11 Å². The Balaban J connectivity index is 3.02. The van der Waals surface area contributed by atoms with Crippen LogP contribution in [-0.2, 0) is 0 Å². The Kier molecular flexibility index (Phi) is 4.12. The predicted molar refractivity (Wildman–Crippen MR) is 57.7 cm³/mol. The first-order chi connectivity index (χ1) is 5.27. The summed E-state index contributed by atoms with van der Waals surface area (Å²) in [5.41, 5.74) is 0. The van der Waals surface area contributed by atoms with Crippen LogP contribution in [0.25, 0.3) is 0 Å². The molecule has 0 amide bonds. The zero-order valence-corrected chi connectivity index (χ0v) is 10.1. The molecular weight excluding hydrogens is 312 g/mol. The van der Waals surface area contributed by atoms with E-state index in [1.165, 1.54) is 20.4 Å². The third-order valence-electron chi connectivity index (χ3n) is 1.10. The van der Waals surface area contributed by atoms with Crippen molar-refractivity contribution in [3.05, 3.63) is 18.2 Å². The molecule has 1 aromatic rings. The standard InChI is InChI=1S/C6H4Br2OS2/c7-10-4-1-2-5(9)6(3-4)11-8/h1-3,9H. The van der Waals surface area contributed by atoms with Crippen LogP contribution < -0.4 is 0 Å². The van der Waals surface area contributed by atoms with Crippen molar-refractivity contribution in [3.63, 3.8) is 0 Å². The molecule has 0 heterocycles. The molecule has 5 heteroatoms. The average molecular weight is 316 g/mol. The SMILES string of the molecule is Oc1ccc(SBr)cc1SBr. The highest BCUT2D eigenvalue weighted by molar-refractivity contribution is 9.50. The molecule has 1 nitrogen and oxygen atoms in total. The van der Waals surface area contributed by atoms with Crippen LogP contribution in [0.2, 0.25) is 0 Å². The monoisotopic (exact) mass is 314 g/mol. The molecule has 0 fully saturated rings. The molecule has 0 aliphatic heterocycles. The normalized spacial score (nSPS) is 10.0. The van der Waals surface area contributed by atoms with Crippen LogP contribution in [0, 0.1) is 0 Å². The van der Waals surface area contributed by atoms with Gasteiger partial charge in [0.05, 0.1) is 4.90 Å². The number of phenolic OH excluding ortho intramolecular Hbond substituents is 1. The summed E-state index contributed by atoms with van der Waals surface area (Å²) in [7, 11) is 2.83. The van der Waals surface area contributed by atoms with Crippen LogP contribution >= 0.6 is 50.0 Å². The quantitative estimate of drug-likeness (QED) is 0.883. The van der Waals surface area contributed by atoms with Gasteiger partial charge in [0.25, 0.3) is 0 Å². The predicted octanol–water partition coefficient (Wildman–Crippen LogP) is 4.20. The molecule has 0 unspecified atom stereocenters. The summed E-state index contributed by atoms with van der Waals surface area (Å²) in [6.45, 7) is 0. The van der Waals surface area contributed by atoms with E-state index in [0.29, 0.717) is 5.75 Å². The molecule has 0 aliphatic carbocycles. The van der Waals surface area contributed by atoms with Gasteiger partial charge in [-0.15, -0.1) is 0 Å². The van der Waals surface area contributed by atoms with Gasteiger partial charge in [-0.1, -0.05) is 0 Å². The van der Waals surface area contributed by atoms with Crippen molar-refractivity contribution >= 4 is 50.0 Å². The highest BCUT2D eigenvalue weighted by Crippen LogP contribution is 2.36. The van der Waals surface area contributed by atoms with Crippen LogP contribution in [0.15, 0.2) is 28.0 Å². The Labute approximate surface area is 88.4 Å². The summed E-state index contributed by atoms with van der Waals surface area (Å²) >= 11 is 6.46. The number of aromatic hydroxyl groups is 1. The van der Waals surface area contributed by atoms with Crippen LogP contribution in [0.1, 0.15) is 0 Å². The molecule has 1 aromatic carbocycles. The summed E-state index contributed by atoms with van der Waals surface area (Å²) in [4.78, 5) is 1.90. The van der Waals surface area contributed by atoms with Gasteiger partial charge in [-0.05, 0) is 68.2 Å². The Morgan fingerprint density at radius 1 is 1.18 bits per heavy atom. The van der Waals surface area contributed by atoms with Crippen molar-refractivity contribution in [3.8, 4) is 5.75 Å². The first-order valence-electron chi connectivity index (χ1n) is 2.68. The lowest BCUT2D eigenvalue weighted by Gasteiger charge is -2.00. The van der Waals surface area contributed by atoms with E-state index in [1.54, 1.807) is 6.07 Å². The molecule has 0 aliphatic rings. The van der Waals surface area contributed by atoms with Gasteiger partial charge in [0.1, 0.15) is 5.75 Å². The van der Waals surface area contributed by atoms with E-state index in [-0.39, 0.29) is 0 Å². The summed E-state index contributed by atoms with van der Waals surface area (Å²) < 4.78 is 0. The minimum atomic E-state index is 0.303. The number of halogens is 2. The van der Waals surface area contributed by atoms with E-state index < -0.39 is 0 Å². The fourth-order valence-corrected chi connectivity index (χ4v) is 2.66. The van der Waals surface area contributed by atoms with Crippen molar-refractivity contribution < 1.29 is 5.11 Å². The van der Waals surface area contributed by atoms with Crippen LogP contribution in [0.4, 0.5) is 0 Å². The van der Waals surface area contributed by atoms with E-state index in [9.17, 15) is 5.11 Å². The second-order valence-electron chi connectivity index (χ2n) is 1.78. The molecule has 0 atom stereocenters. The van der Waals surface area contributed by atoms with E-state index in [2.05, 4.69) is 29.6 Å². The Bertz CT molecular complexity index is 254. The van der Waals surface area contributed by atoms with Crippen molar-refractivity contribution in [2.75, 3.05) is 0 Å². The molecule has 0 saturated carbocycles. The van der Waals surface area contributed by atoms with Crippen molar-refractivity contribution in [1.29, 1.82) is 0 Å². The zero-order chi connectivity index (χ0) is 8.27. The maximum absolute atomic E-state index is 9.26. The highest BCUT2D eigenvalue weighted by Gasteiger charge is 2.01. The van der Waals surface area contributed by atoms with Crippen molar-refractivity contribution in [2.45, 2.75) is 9.79 Å². The maximum Gasteiger partial charge on any atom is 0.130 e. The van der Waals surface area contributed by atoms with Gasteiger partial charge in [0.2, 0.25) is 0 Å². The average Bonchev–Trinajstić information content (AvgIpc) is 2.05. The molecule has 0 bridgehead atoms. The zero-order valence-electron chi connectivity index (χ0n) is 5.25. The first-order valence-corrected chi connectivity index (χ1v) is 8.00. The molecule has 11 heavy (non-hydrogen) atoms. The van der Waals surface area contributed by atoms with Crippen molar-refractivity contribution in [1.82, 2.24) is 0 Å². The lowest BCUT2D eigenvalue weighted by Crippen LogP contribution is -1.71. The molecule has 0 radical (unpaired) electrons.